The summed E-state index contributed by atoms with van der Waals surface area (Å²) in [5.41, 5.74) is -0.779. The number of hydrogen-bond donors (Lipinski definition) is 3. The van der Waals surface area contributed by atoms with Crippen molar-refractivity contribution >= 4 is 5.69 Å². The van der Waals surface area contributed by atoms with Gasteiger partial charge in [0.2, 0.25) is 0 Å². The predicted octanol–water partition coefficient (Wildman–Crippen LogP) is 0.188. The van der Waals surface area contributed by atoms with Crippen LogP contribution in [0.3, 0.4) is 0 Å². The molecular weight excluding hydrogens is 274 g/mol. The fourth-order valence-corrected chi connectivity index (χ4v) is 2.08. The van der Waals surface area contributed by atoms with Crippen LogP contribution in [0.4, 0.5) is 5.69 Å². The molecule has 0 aliphatic rings. The Morgan fingerprint density at radius 2 is 1.86 bits per heavy atom. The van der Waals surface area contributed by atoms with Crippen molar-refractivity contribution in [2.24, 2.45) is 0 Å². The molecule has 6 nitrogen and oxygen atoms in total. The highest BCUT2D eigenvalue weighted by atomic mass is 16.5. The minimum absolute atomic E-state index is 0.0101. The Balaban J connectivity index is 2.19. The number of benzene rings is 1. The minimum Gasteiger partial charge on any atom is -0.488 e. The van der Waals surface area contributed by atoms with E-state index in [0.717, 1.165) is 0 Å². The van der Waals surface area contributed by atoms with Gasteiger partial charge in [-0.1, -0.05) is 30.3 Å². The van der Waals surface area contributed by atoms with Crippen LogP contribution in [0.2, 0.25) is 0 Å². The van der Waals surface area contributed by atoms with E-state index in [9.17, 15) is 19.8 Å². The molecular formula is C15H17NO5. The van der Waals surface area contributed by atoms with Crippen molar-refractivity contribution in [1.29, 1.82) is 0 Å². The summed E-state index contributed by atoms with van der Waals surface area (Å²) >= 11 is 0. The second-order valence-electron chi connectivity index (χ2n) is 4.58. The maximum Gasteiger partial charge on any atom is 0.272 e. The van der Waals surface area contributed by atoms with Crippen molar-refractivity contribution in [2.75, 3.05) is 18.5 Å². The molecule has 3 N–H and O–H groups in total. The second kappa shape index (κ2) is 6.51. The number of anilines is 1. The first-order valence-electron chi connectivity index (χ1n) is 6.66. The molecule has 0 bridgehead atoms. The van der Waals surface area contributed by atoms with Crippen LogP contribution in [-0.2, 0) is 0 Å². The molecule has 0 saturated carbocycles. The van der Waals surface area contributed by atoms with Gasteiger partial charge in [-0.2, -0.15) is 0 Å². The lowest BCUT2D eigenvalue weighted by atomic mass is 10.0. The molecule has 0 aromatic heterocycles. The minimum atomic E-state index is -1.02. The van der Waals surface area contributed by atoms with Gasteiger partial charge in [0.05, 0.1) is 19.3 Å². The maximum absolute atomic E-state index is 11.5. The average Bonchev–Trinajstić information content (AvgIpc) is 2.54. The fourth-order valence-electron chi connectivity index (χ4n) is 2.08. The van der Waals surface area contributed by atoms with Gasteiger partial charge in [0.25, 0.3) is 10.9 Å². The first kappa shape index (κ1) is 15.2. The smallest absolute Gasteiger partial charge is 0.272 e. The molecule has 2 rings (SSSR count). The molecule has 6 heteroatoms. The third-order valence-corrected chi connectivity index (χ3v) is 3.20. The molecule has 2 aromatic rings. The lowest BCUT2D eigenvalue weighted by molar-refractivity contribution is 0.118. The molecule has 0 unspecified atom stereocenters. The Hall–Kier alpha value is -2.18. The first-order valence-corrected chi connectivity index (χ1v) is 6.66. The SMILES string of the molecule is CCOc1c(N[C@@H](CO)[C@@H](O)c2ccccc2)c(=O)c1=O. The molecule has 0 fully saturated rings. The Kier molecular flexibility index (Phi) is 4.72. The zero-order valence-electron chi connectivity index (χ0n) is 11.6. The van der Waals surface area contributed by atoms with Gasteiger partial charge in [-0.15, -0.1) is 0 Å². The summed E-state index contributed by atoms with van der Waals surface area (Å²) < 4.78 is 5.09. The number of rotatable bonds is 7. The molecule has 0 radical (unpaired) electrons. The van der Waals surface area contributed by atoms with E-state index < -0.39 is 29.6 Å². The van der Waals surface area contributed by atoms with Crippen LogP contribution >= 0.6 is 0 Å². The van der Waals surface area contributed by atoms with Crippen molar-refractivity contribution in [1.82, 2.24) is 0 Å². The van der Waals surface area contributed by atoms with Crippen LogP contribution in [0.25, 0.3) is 0 Å². The van der Waals surface area contributed by atoms with Gasteiger partial charge in [0.15, 0.2) is 5.75 Å². The van der Waals surface area contributed by atoms with E-state index in [2.05, 4.69) is 5.32 Å². The highest BCUT2D eigenvalue weighted by Crippen LogP contribution is 2.23. The Labute approximate surface area is 121 Å². The normalized spacial score (nSPS) is 13.9. The summed E-state index contributed by atoms with van der Waals surface area (Å²) in [6.45, 7) is 1.55. The molecule has 0 amide bonds. The molecule has 112 valence electrons. The van der Waals surface area contributed by atoms with E-state index in [1.54, 1.807) is 37.3 Å². The molecule has 0 aliphatic heterocycles. The number of hydrogen-bond acceptors (Lipinski definition) is 6. The summed E-state index contributed by atoms with van der Waals surface area (Å²) in [7, 11) is 0. The molecule has 0 spiro atoms. The summed E-state index contributed by atoms with van der Waals surface area (Å²) in [5.74, 6) is -0.0405. The topological polar surface area (TPSA) is 95.9 Å². The summed E-state index contributed by atoms with van der Waals surface area (Å²) in [4.78, 5) is 22.9. The van der Waals surface area contributed by atoms with Gasteiger partial charge < -0.3 is 20.3 Å². The standard InChI is InChI=1S/C15H17NO5/c1-2-21-15-11(13(19)14(15)20)16-10(8-17)12(18)9-6-4-3-5-7-9/h3-7,10,12,16-18H,2,8H2,1H3/t10-,12-/m0/s1. The Morgan fingerprint density at radius 1 is 1.19 bits per heavy atom. The van der Waals surface area contributed by atoms with Crippen molar-refractivity contribution < 1.29 is 14.9 Å². The molecule has 0 heterocycles. The number of ether oxygens (including phenoxy) is 1. The summed E-state index contributed by atoms with van der Waals surface area (Å²) in [6, 6.07) is 7.93. The maximum atomic E-state index is 11.5. The molecule has 21 heavy (non-hydrogen) atoms. The van der Waals surface area contributed by atoms with Crippen LogP contribution in [0.5, 0.6) is 5.75 Å². The average molecular weight is 291 g/mol. The monoisotopic (exact) mass is 291 g/mol. The van der Waals surface area contributed by atoms with Crippen LogP contribution in [0, 0.1) is 0 Å². The van der Waals surface area contributed by atoms with Crippen molar-refractivity contribution in [3.63, 3.8) is 0 Å². The van der Waals surface area contributed by atoms with Crippen LogP contribution < -0.4 is 20.9 Å². The lowest BCUT2D eigenvalue weighted by Crippen LogP contribution is -2.41. The fraction of sp³-hybridized carbons (Fsp3) is 0.333. The Morgan fingerprint density at radius 3 is 2.43 bits per heavy atom. The van der Waals surface area contributed by atoms with Crippen molar-refractivity contribution in [2.45, 2.75) is 19.1 Å². The number of aliphatic hydroxyl groups is 2. The predicted molar refractivity (Wildman–Crippen MR) is 78.4 cm³/mol. The molecule has 0 saturated heterocycles. The van der Waals surface area contributed by atoms with Gasteiger partial charge in [0.1, 0.15) is 11.8 Å². The van der Waals surface area contributed by atoms with Gasteiger partial charge in [0, 0.05) is 0 Å². The number of aliphatic hydroxyl groups excluding tert-OH is 2. The number of nitrogens with one attached hydrogen (secondary N) is 1. The van der Waals surface area contributed by atoms with Gasteiger partial charge in [-0.05, 0) is 12.5 Å². The van der Waals surface area contributed by atoms with Crippen LogP contribution in [-0.4, -0.2) is 29.5 Å². The van der Waals surface area contributed by atoms with E-state index in [1.807, 2.05) is 0 Å². The molecule has 2 aromatic carbocycles. The zero-order valence-corrected chi connectivity index (χ0v) is 11.6. The zero-order chi connectivity index (χ0) is 15.4. The van der Waals surface area contributed by atoms with Crippen molar-refractivity contribution in [3.8, 4) is 5.75 Å². The Bertz CT molecular complexity index is 660. The third-order valence-electron chi connectivity index (χ3n) is 3.20. The van der Waals surface area contributed by atoms with Crippen LogP contribution in [0.1, 0.15) is 18.6 Å². The largest absolute Gasteiger partial charge is 0.488 e. The lowest BCUT2D eigenvalue weighted by Gasteiger charge is -2.25. The van der Waals surface area contributed by atoms with Gasteiger partial charge >= 0.3 is 0 Å². The highest BCUT2D eigenvalue weighted by Gasteiger charge is 2.28. The summed E-state index contributed by atoms with van der Waals surface area (Å²) in [6.07, 6.45) is -1.02. The quantitative estimate of drug-likeness (QED) is 0.630. The van der Waals surface area contributed by atoms with E-state index in [-0.39, 0.29) is 18.0 Å². The van der Waals surface area contributed by atoms with Gasteiger partial charge in [-0.25, -0.2) is 0 Å². The van der Waals surface area contributed by atoms with Crippen molar-refractivity contribution in [3.05, 3.63) is 56.3 Å². The van der Waals surface area contributed by atoms with E-state index in [1.165, 1.54) is 0 Å². The molecule has 2 atom stereocenters. The third kappa shape index (κ3) is 2.96. The highest BCUT2D eigenvalue weighted by molar-refractivity contribution is 5.62. The first-order chi connectivity index (χ1) is 10.1. The second-order valence-corrected chi connectivity index (χ2v) is 4.58. The summed E-state index contributed by atoms with van der Waals surface area (Å²) in [5, 5.41) is 22.3. The van der Waals surface area contributed by atoms with E-state index in [4.69, 9.17) is 4.74 Å². The van der Waals surface area contributed by atoms with E-state index in [0.29, 0.717) is 5.56 Å². The molecule has 0 aliphatic carbocycles. The van der Waals surface area contributed by atoms with Crippen LogP contribution in [0.15, 0.2) is 39.9 Å². The van der Waals surface area contributed by atoms with Gasteiger partial charge in [-0.3, -0.25) is 9.59 Å². The van der Waals surface area contributed by atoms with E-state index >= 15 is 0 Å².